The first kappa shape index (κ1) is 12.9. The Labute approximate surface area is 115 Å². The predicted molar refractivity (Wildman–Crippen MR) is 77.3 cm³/mol. The zero-order valence-electron chi connectivity index (χ0n) is 12.3. The minimum absolute atomic E-state index is 0.304. The van der Waals surface area contributed by atoms with E-state index in [9.17, 15) is 0 Å². The second kappa shape index (κ2) is 3.93. The Morgan fingerprint density at radius 3 is 2.42 bits per heavy atom. The molecule has 0 atom stereocenters. The molecule has 0 radical (unpaired) electrons. The Balaban J connectivity index is 1.93. The van der Waals surface area contributed by atoms with E-state index in [0.717, 1.165) is 17.6 Å². The average Bonchev–Trinajstić information content (AvgIpc) is 2.78. The third-order valence-electron chi connectivity index (χ3n) is 4.54. The van der Waals surface area contributed by atoms with Crippen molar-refractivity contribution in [3.63, 3.8) is 0 Å². The molecule has 3 rings (SSSR count). The second-order valence-electron chi connectivity index (χ2n) is 6.44. The van der Waals surface area contributed by atoms with Crippen LogP contribution in [0.1, 0.15) is 45.9 Å². The van der Waals surface area contributed by atoms with Crippen molar-refractivity contribution in [3.05, 3.63) is 29.6 Å². The molecule has 0 N–H and O–H groups in total. The smallest absolute Gasteiger partial charge is 0.399 e. The van der Waals surface area contributed by atoms with Crippen LogP contribution in [0, 0.1) is 0 Å². The number of aromatic nitrogens is 1. The molecule has 0 unspecified atom stereocenters. The molecule has 0 saturated carbocycles. The maximum atomic E-state index is 6.06. The van der Waals surface area contributed by atoms with E-state index in [1.165, 1.54) is 11.1 Å². The van der Waals surface area contributed by atoms with E-state index in [2.05, 4.69) is 51.7 Å². The zero-order valence-corrected chi connectivity index (χ0v) is 12.3. The quantitative estimate of drug-likeness (QED) is 0.723. The van der Waals surface area contributed by atoms with Gasteiger partial charge in [0.05, 0.1) is 16.9 Å². The lowest BCUT2D eigenvalue weighted by Crippen LogP contribution is -2.41. The fraction of sp³-hybridized carbons (Fsp3) is 0.533. The van der Waals surface area contributed by atoms with Crippen LogP contribution >= 0.6 is 0 Å². The molecule has 1 aliphatic carbocycles. The summed E-state index contributed by atoms with van der Waals surface area (Å²) in [5.41, 5.74) is 4.07. The Hall–Kier alpha value is -1.13. The molecule has 4 heteroatoms. The fourth-order valence-electron chi connectivity index (χ4n) is 2.48. The molecule has 1 aromatic heterocycles. The van der Waals surface area contributed by atoms with Crippen LogP contribution < -0.4 is 5.46 Å². The van der Waals surface area contributed by atoms with E-state index in [4.69, 9.17) is 9.31 Å². The van der Waals surface area contributed by atoms with Crippen LogP contribution in [0.15, 0.2) is 18.3 Å². The van der Waals surface area contributed by atoms with Crippen molar-refractivity contribution in [2.75, 3.05) is 0 Å². The van der Waals surface area contributed by atoms with Gasteiger partial charge >= 0.3 is 7.12 Å². The first-order valence-electron chi connectivity index (χ1n) is 6.82. The van der Waals surface area contributed by atoms with E-state index in [1.54, 1.807) is 0 Å². The maximum absolute atomic E-state index is 6.06. The van der Waals surface area contributed by atoms with Crippen molar-refractivity contribution in [1.29, 1.82) is 0 Å². The number of allylic oxidation sites excluding steroid dienone is 2. The molecule has 0 aromatic carbocycles. The van der Waals surface area contributed by atoms with Gasteiger partial charge in [0.25, 0.3) is 0 Å². The molecule has 1 fully saturated rings. The molecule has 0 spiro atoms. The first-order chi connectivity index (χ1) is 8.80. The maximum Gasteiger partial charge on any atom is 0.496 e. The van der Waals surface area contributed by atoms with Crippen LogP contribution in [0.25, 0.3) is 5.57 Å². The molecular weight excluding hydrogens is 237 g/mol. The predicted octanol–water partition coefficient (Wildman–Crippen LogP) is 2.34. The highest BCUT2D eigenvalue weighted by atomic mass is 16.7. The molecule has 2 heterocycles. The molecule has 0 bridgehead atoms. The Morgan fingerprint density at radius 2 is 1.79 bits per heavy atom. The highest BCUT2D eigenvalue weighted by molar-refractivity contribution is 6.62. The summed E-state index contributed by atoms with van der Waals surface area (Å²) >= 11 is 0. The minimum Gasteiger partial charge on any atom is -0.399 e. The number of rotatable bonds is 1. The van der Waals surface area contributed by atoms with Crippen molar-refractivity contribution >= 4 is 18.2 Å². The summed E-state index contributed by atoms with van der Waals surface area (Å²) < 4.78 is 12.1. The van der Waals surface area contributed by atoms with Gasteiger partial charge in [0.15, 0.2) is 0 Å². The van der Waals surface area contributed by atoms with Gasteiger partial charge in [0, 0.05) is 18.1 Å². The van der Waals surface area contributed by atoms with E-state index in [0.29, 0.717) is 0 Å². The summed E-state index contributed by atoms with van der Waals surface area (Å²) in [7, 11) is -0.323. The minimum atomic E-state index is -0.323. The summed E-state index contributed by atoms with van der Waals surface area (Å²) in [4.78, 5) is 4.54. The van der Waals surface area contributed by atoms with Gasteiger partial charge in [-0.25, -0.2) is 0 Å². The summed E-state index contributed by atoms with van der Waals surface area (Å²) in [5, 5.41) is 0. The second-order valence-corrected chi connectivity index (χ2v) is 6.44. The first-order valence-corrected chi connectivity index (χ1v) is 6.82. The Kier molecular flexibility index (Phi) is 2.67. The summed E-state index contributed by atoms with van der Waals surface area (Å²) in [6, 6.07) is 2.16. The standard InChI is InChI=1S/C15H20BNO2/c1-10-6-7-13-12(10)8-11(9-17-13)16-18-14(2,3)15(4,5)19-16/h6,8-9H,7H2,1-5H3. The zero-order chi connectivity index (χ0) is 13.8. The van der Waals surface area contributed by atoms with Crippen LogP contribution in [0.4, 0.5) is 0 Å². The Bertz CT molecular complexity index is 547. The molecule has 100 valence electrons. The van der Waals surface area contributed by atoms with Gasteiger partial charge < -0.3 is 9.31 Å². The molecule has 1 saturated heterocycles. The third kappa shape index (κ3) is 1.94. The monoisotopic (exact) mass is 257 g/mol. The van der Waals surface area contributed by atoms with Crippen LogP contribution in [0.3, 0.4) is 0 Å². The van der Waals surface area contributed by atoms with Crippen LogP contribution in [0.5, 0.6) is 0 Å². The van der Waals surface area contributed by atoms with Crippen molar-refractivity contribution < 1.29 is 9.31 Å². The number of fused-ring (bicyclic) bond motifs is 1. The van der Waals surface area contributed by atoms with Gasteiger partial charge in [0.2, 0.25) is 0 Å². The SMILES string of the molecule is CC1=CCc2ncc(B3OC(C)(C)C(C)(C)O3)cc21. The van der Waals surface area contributed by atoms with Gasteiger partial charge in [-0.1, -0.05) is 12.1 Å². The third-order valence-corrected chi connectivity index (χ3v) is 4.54. The van der Waals surface area contributed by atoms with Crippen molar-refractivity contribution in [1.82, 2.24) is 4.98 Å². The topological polar surface area (TPSA) is 31.4 Å². The summed E-state index contributed by atoms with van der Waals surface area (Å²) in [6.07, 6.45) is 5.03. The molecule has 2 aliphatic rings. The van der Waals surface area contributed by atoms with Gasteiger partial charge in [-0.05, 0) is 45.8 Å². The van der Waals surface area contributed by atoms with Gasteiger partial charge in [-0.3, -0.25) is 4.98 Å². The highest BCUT2D eigenvalue weighted by Gasteiger charge is 2.51. The van der Waals surface area contributed by atoms with Gasteiger partial charge in [0.1, 0.15) is 0 Å². The van der Waals surface area contributed by atoms with E-state index < -0.39 is 0 Å². The van der Waals surface area contributed by atoms with E-state index in [1.807, 2.05) is 6.20 Å². The van der Waals surface area contributed by atoms with E-state index >= 15 is 0 Å². The molecule has 3 nitrogen and oxygen atoms in total. The van der Waals surface area contributed by atoms with Gasteiger partial charge in [-0.2, -0.15) is 0 Å². The van der Waals surface area contributed by atoms with Crippen molar-refractivity contribution in [3.8, 4) is 0 Å². The molecule has 0 amide bonds. The summed E-state index contributed by atoms with van der Waals surface area (Å²) in [6.45, 7) is 10.4. The number of hydrogen-bond donors (Lipinski definition) is 0. The molecule has 1 aliphatic heterocycles. The highest BCUT2D eigenvalue weighted by Crippen LogP contribution is 2.36. The van der Waals surface area contributed by atoms with E-state index in [-0.39, 0.29) is 18.3 Å². The molecule has 19 heavy (non-hydrogen) atoms. The molecular formula is C15H20BNO2. The summed E-state index contributed by atoms with van der Waals surface area (Å²) in [5.74, 6) is 0. The largest absolute Gasteiger partial charge is 0.496 e. The Morgan fingerprint density at radius 1 is 1.16 bits per heavy atom. The van der Waals surface area contributed by atoms with Crippen molar-refractivity contribution in [2.45, 2.75) is 52.2 Å². The lowest BCUT2D eigenvalue weighted by atomic mass is 9.79. The average molecular weight is 257 g/mol. The fourth-order valence-corrected chi connectivity index (χ4v) is 2.48. The van der Waals surface area contributed by atoms with Crippen molar-refractivity contribution in [2.24, 2.45) is 0 Å². The number of pyridine rings is 1. The number of nitrogens with zero attached hydrogens (tertiary/aromatic N) is 1. The normalized spacial score (nSPS) is 23.4. The van der Waals surface area contributed by atoms with Crippen LogP contribution in [-0.2, 0) is 15.7 Å². The lowest BCUT2D eigenvalue weighted by molar-refractivity contribution is 0.00578. The lowest BCUT2D eigenvalue weighted by Gasteiger charge is -2.32. The van der Waals surface area contributed by atoms with Crippen LogP contribution in [-0.4, -0.2) is 23.3 Å². The van der Waals surface area contributed by atoms with Gasteiger partial charge in [-0.15, -0.1) is 0 Å². The molecule has 1 aromatic rings. The number of hydrogen-bond acceptors (Lipinski definition) is 3. The van der Waals surface area contributed by atoms with Crippen LogP contribution in [0.2, 0.25) is 0 Å².